The number of hydrogen-bond donors (Lipinski definition) is 2. The van der Waals surface area contributed by atoms with Crippen molar-refractivity contribution in [1.82, 2.24) is 10.2 Å². The van der Waals surface area contributed by atoms with Crippen molar-refractivity contribution < 1.29 is 14.4 Å². The van der Waals surface area contributed by atoms with Gasteiger partial charge in [0.1, 0.15) is 0 Å². The van der Waals surface area contributed by atoms with Crippen LogP contribution in [0.15, 0.2) is 59.1 Å². The Kier molecular flexibility index (Phi) is 6.69. The van der Waals surface area contributed by atoms with Crippen LogP contribution in [0.3, 0.4) is 0 Å². The third-order valence-electron chi connectivity index (χ3n) is 5.36. The molecule has 1 heterocycles. The van der Waals surface area contributed by atoms with Gasteiger partial charge in [-0.05, 0) is 42.7 Å². The molecular weight excluding hydrogens is 434 g/mol. The van der Waals surface area contributed by atoms with E-state index in [2.05, 4.69) is 26.6 Å². The zero-order valence-corrected chi connectivity index (χ0v) is 17.9. The number of amides is 3. The molecule has 29 heavy (non-hydrogen) atoms. The Morgan fingerprint density at radius 1 is 1.00 bits per heavy atom. The third-order valence-corrected chi connectivity index (χ3v) is 5.89. The molecule has 6 nitrogen and oxygen atoms in total. The van der Waals surface area contributed by atoms with E-state index >= 15 is 0 Å². The molecule has 0 radical (unpaired) electrons. The van der Waals surface area contributed by atoms with E-state index in [0.29, 0.717) is 31.6 Å². The monoisotopic (exact) mass is 457 g/mol. The number of rotatable bonds is 5. The molecule has 1 fully saturated rings. The lowest BCUT2D eigenvalue weighted by atomic mass is 9.72. The first kappa shape index (κ1) is 21.0. The van der Waals surface area contributed by atoms with E-state index < -0.39 is 5.41 Å². The zero-order valence-electron chi connectivity index (χ0n) is 16.3. The van der Waals surface area contributed by atoms with Gasteiger partial charge in [0.05, 0.1) is 12.0 Å². The van der Waals surface area contributed by atoms with Crippen molar-refractivity contribution in [1.29, 1.82) is 0 Å². The maximum Gasteiger partial charge on any atom is 0.243 e. The van der Waals surface area contributed by atoms with Gasteiger partial charge in [-0.25, -0.2) is 0 Å². The molecule has 2 aromatic rings. The number of nitrogens with one attached hydrogen (secondary N) is 2. The molecule has 152 valence electrons. The number of carbonyl (C=O) groups excluding carboxylic acids is 3. The van der Waals surface area contributed by atoms with Crippen LogP contribution in [0.5, 0.6) is 0 Å². The minimum Gasteiger partial charge on any atom is -0.346 e. The van der Waals surface area contributed by atoms with Crippen molar-refractivity contribution in [3.8, 4) is 0 Å². The molecule has 1 aliphatic rings. The Hall–Kier alpha value is -2.67. The van der Waals surface area contributed by atoms with Crippen molar-refractivity contribution in [2.24, 2.45) is 0 Å². The Bertz CT molecular complexity index is 876. The molecule has 2 N–H and O–H groups in total. The second-order valence-electron chi connectivity index (χ2n) is 7.19. The summed E-state index contributed by atoms with van der Waals surface area (Å²) < 4.78 is 0.922. The molecule has 0 atom stereocenters. The molecule has 0 aliphatic carbocycles. The lowest BCUT2D eigenvalue weighted by Crippen LogP contribution is -2.53. The first-order chi connectivity index (χ1) is 13.9. The van der Waals surface area contributed by atoms with Gasteiger partial charge in [-0.3, -0.25) is 14.4 Å². The molecule has 3 amide bonds. The Morgan fingerprint density at radius 3 is 2.21 bits per heavy atom. The average molecular weight is 458 g/mol. The van der Waals surface area contributed by atoms with Crippen LogP contribution in [-0.2, 0) is 19.8 Å². The molecule has 0 aromatic heterocycles. The lowest BCUT2D eigenvalue weighted by molar-refractivity contribution is -0.135. The molecule has 7 heteroatoms. The van der Waals surface area contributed by atoms with Crippen molar-refractivity contribution in [2.75, 3.05) is 25.0 Å². The molecule has 0 saturated carbocycles. The average Bonchev–Trinajstić information content (AvgIpc) is 2.74. The van der Waals surface area contributed by atoms with E-state index in [9.17, 15) is 14.4 Å². The summed E-state index contributed by atoms with van der Waals surface area (Å²) in [6, 6.07) is 16.8. The zero-order chi connectivity index (χ0) is 20.9. The van der Waals surface area contributed by atoms with Gasteiger partial charge >= 0.3 is 0 Å². The van der Waals surface area contributed by atoms with Gasteiger partial charge in [0.25, 0.3) is 0 Å². The quantitative estimate of drug-likeness (QED) is 0.723. The highest BCUT2D eigenvalue weighted by atomic mass is 79.9. The smallest absolute Gasteiger partial charge is 0.243 e. The number of anilines is 1. The fourth-order valence-corrected chi connectivity index (χ4v) is 3.94. The summed E-state index contributed by atoms with van der Waals surface area (Å²) in [6.07, 6.45) is 1.05. The normalized spacial score (nSPS) is 15.4. The predicted octanol–water partition coefficient (Wildman–Crippen LogP) is 3.08. The van der Waals surface area contributed by atoms with Crippen molar-refractivity contribution in [3.05, 3.63) is 64.6 Å². The highest BCUT2D eigenvalue weighted by Gasteiger charge is 2.43. The maximum atomic E-state index is 13.2. The Morgan fingerprint density at radius 2 is 1.62 bits per heavy atom. The largest absolute Gasteiger partial charge is 0.346 e. The summed E-state index contributed by atoms with van der Waals surface area (Å²) in [7, 11) is 0. The fourth-order valence-electron chi connectivity index (χ4n) is 3.68. The number of halogens is 1. The number of hydrogen-bond acceptors (Lipinski definition) is 3. The molecule has 2 aromatic carbocycles. The molecule has 0 unspecified atom stereocenters. The van der Waals surface area contributed by atoms with Gasteiger partial charge in [-0.2, -0.15) is 0 Å². The summed E-state index contributed by atoms with van der Waals surface area (Å²) in [5.41, 5.74) is 0.833. The van der Waals surface area contributed by atoms with Crippen molar-refractivity contribution in [2.45, 2.75) is 25.2 Å². The number of carbonyl (C=O) groups is 3. The first-order valence-electron chi connectivity index (χ1n) is 9.55. The van der Waals surface area contributed by atoms with Crippen LogP contribution in [0.2, 0.25) is 0 Å². The maximum absolute atomic E-state index is 13.2. The number of nitrogens with zero attached hydrogens (tertiary/aromatic N) is 1. The van der Waals surface area contributed by atoms with Crippen LogP contribution in [0.1, 0.15) is 25.3 Å². The van der Waals surface area contributed by atoms with Gasteiger partial charge in [-0.15, -0.1) is 0 Å². The lowest BCUT2D eigenvalue weighted by Gasteiger charge is -2.40. The van der Waals surface area contributed by atoms with Crippen LogP contribution in [0, 0.1) is 0 Å². The highest BCUT2D eigenvalue weighted by molar-refractivity contribution is 9.10. The van der Waals surface area contributed by atoms with Gasteiger partial charge in [0.15, 0.2) is 0 Å². The second kappa shape index (κ2) is 9.22. The van der Waals surface area contributed by atoms with Crippen molar-refractivity contribution >= 4 is 39.3 Å². The van der Waals surface area contributed by atoms with Gasteiger partial charge in [-0.1, -0.05) is 46.3 Å². The van der Waals surface area contributed by atoms with Crippen molar-refractivity contribution in [3.63, 3.8) is 0 Å². The van der Waals surface area contributed by atoms with E-state index in [1.165, 1.54) is 0 Å². The number of piperidine rings is 1. The SMILES string of the molecule is CC(=O)N1CCC(C(=O)NCC(=O)Nc2ccc(Br)cc2)(c2ccccc2)CC1. The predicted molar refractivity (Wildman–Crippen MR) is 115 cm³/mol. The van der Waals surface area contributed by atoms with Gasteiger partial charge in [0.2, 0.25) is 17.7 Å². The topological polar surface area (TPSA) is 78.5 Å². The minimum absolute atomic E-state index is 0.0148. The van der Waals surface area contributed by atoms with Crippen LogP contribution >= 0.6 is 15.9 Å². The van der Waals surface area contributed by atoms with E-state index in [1.54, 1.807) is 24.0 Å². The summed E-state index contributed by atoms with van der Waals surface area (Å²) in [5.74, 6) is -0.455. The van der Waals surface area contributed by atoms with Crippen LogP contribution < -0.4 is 10.6 Å². The molecular formula is C22H24BrN3O3. The standard InChI is InChI=1S/C22H24BrN3O3/c1-16(27)26-13-11-22(12-14-26,17-5-3-2-4-6-17)21(29)24-15-20(28)25-19-9-7-18(23)8-10-19/h2-10H,11-15H2,1H3,(H,24,29)(H,25,28). The van der Waals surface area contributed by atoms with E-state index in [0.717, 1.165) is 10.0 Å². The first-order valence-corrected chi connectivity index (χ1v) is 10.3. The number of likely N-dealkylation sites (tertiary alicyclic amines) is 1. The Balaban J connectivity index is 1.68. The van der Waals surface area contributed by atoms with E-state index in [1.807, 2.05) is 42.5 Å². The molecule has 0 spiro atoms. The van der Waals surface area contributed by atoms with Crippen LogP contribution in [0.25, 0.3) is 0 Å². The third kappa shape index (κ3) is 5.03. The molecule has 0 bridgehead atoms. The summed E-state index contributed by atoms with van der Waals surface area (Å²) in [4.78, 5) is 38.9. The summed E-state index contributed by atoms with van der Waals surface area (Å²) >= 11 is 3.35. The van der Waals surface area contributed by atoms with E-state index in [4.69, 9.17) is 0 Å². The summed E-state index contributed by atoms with van der Waals surface area (Å²) in [5, 5.41) is 5.58. The minimum atomic E-state index is -0.745. The van der Waals surface area contributed by atoms with E-state index in [-0.39, 0.29) is 24.3 Å². The highest BCUT2D eigenvalue weighted by Crippen LogP contribution is 2.36. The van der Waals surface area contributed by atoms with Gasteiger partial charge in [0, 0.05) is 30.2 Å². The van der Waals surface area contributed by atoms with Crippen LogP contribution in [-0.4, -0.2) is 42.3 Å². The van der Waals surface area contributed by atoms with Gasteiger partial charge < -0.3 is 15.5 Å². The summed E-state index contributed by atoms with van der Waals surface area (Å²) in [6.45, 7) is 2.47. The second-order valence-corrected chi connectivity index (χ2v) is 8.11. The molecule has 1 saturated heterocycles. The number of benzene rings is 2. The van der Waals surface area contributed by atoms with Crippen LogP contribution in [0.4, 0.5) is 5.69 Å². The molecule has 1 aliphatic heterocycles. The molecule has 3 rings (SSSR count). The fraction of sp³-hybridized carbons (Fsp3) is 0.318. The Labute approximate surface area is 178 Å².